The van der Waals surface area contributed by atoms with Crippen LogP contribution in [0.3, 0.4) is 0 Å². The Labute approximate surface area is 90.8 Å². The first kappa shape index (κ1) is 9.69. The van der Waals surface area contributed by atoms with Gasteiger partial charge in [-0.2, -0.15) is 0 Å². The summed E-state index contributed by atoms with van der Waals surface area (Å²) in [5, 5.41) is 0. The molecule has 0 amide bonds. The lowest BCUT2D eigenvalue weighted by atomic mass is 10.1. The number of alkyl halides is 2. The van der Waals surface area contributed by atoms with Crippen molar-refractivity contribution in [1.29, 1.82) is 0 Å². The Balaban J connectivity index is 2.67. The molecule has 1 aliphatic carbocycles. The van der Waals surface area contributed by atoms with E-state index in [-0.39, 0.29) is 5.78 Å². The highest BCUT2D eigenvalue weighted by atomic mass is 35.5. The quantitative estimate of drug-likeness (QED) is 0.420. The number of benzene rings is 1. The van der Waals surface area contributed by atoms with Crippen molar-refractivity contribution in [1.82, 2.24) is 0 Å². The molecule has 1 aromatic rings. The molecule has 2 rings (SSSR count). The van der Waals surface area contributed by atoms with Crippen molar-refractivity contribution >= 4 is 35.3 Å². The van der Waals surface area contributed by atoms with Crippen LogP contribution < -0.4 is 0 Å². The summed E-state index contributed by atoms with van der Waals surface area (Å²) < 4.78 is -1.41. The molecule has 0 heterocycles. The molecule has 0 aromatic heterocycles. The van der Waals surface area contributed by atoms with Gasteiger partial charge >= 0.3 is 0 Å². The van der Waals surface area contributed by atoms with Crippen molar-refractivity contribution in [2.75, 3.05) is 0 Å². The SMILES string of the molecule is O=CC1C(=O)c2ccccc2C1(Cl)Cl. The third kappa shape index (κ3) is 1.11. The van der Waals surface area contributed by atoms with Crippen LogP contribution in [0.4, 0.5) is 0 Å². The fraction of sp³-hybridized carbons (Fsp3) is 0.200. The molecule has 72 valence electrons. The lowest BCUT2D eigenvalue weighted by molar-refractivity contribution is -0.110. The Morgan fingerprint density at radius 1 is 1.29 bits per heavy atom. The van der Waals surface area contributed by atoms with Gasteiger partial charge in [-0.1, -0.05) is 47.5 Å². The molecule has 0 fully saturated rings. The molecule has 0 N–H and O–H groups in total. The molecule has 1 aromatic carbocycles. The number of halogens is 2. The van der Waals surface area contributed by atoms with Gasteiger partial charge in [-0.15, -0.1) is 0 Å². The average Bonchev–Trinajstić information content (AvgIpc) is 2.36. The Morgan fingerprint density at radius 2 is 1.93 bits per heavy atom. The topological polar surface area (TPSA) is 34.1 Å². The van der Waals surface area contributed by atoms with Crippen LogP contribution >= 0.6 is 23.2 Å². The van der Waals surface area contributed by atoms with E-state index in [1.165, 1.54) is 0 Å². The number of carbonyl (C=O) groups excluding carboxylic acids is 2. The number of aldehydes is 1. The predicted molar refractivity (Wildman–Crippen MR) is 53.7 cm³/mol. The summed E-state index contributed by atoms with van der Waals surface area (Å²) in [4.78, 5) is 22.4. The first-order valence-electron chi connectivity index (χ1n) is 4.06. The molecule has 0 saturated heterocycles. The molecule has 1 aliphatic rings. The van der Waals surface area contributed by atoms with Gasteiger partial charge in [0.25, 0.3) is 0 Å². The van der Waals surface area contributed by atoms with E-state index in [1.54, 1.807) is 24.3 Å². The summed E-state index contributed by atoms with van der Waals surface area (Å²) in [5.74, 6) is -1.29. The summed E-state index contributed by atoms with van der Waals surface area (Å²) in [7, 11) is 0. The molecule has 14 heavy (non-hydrogen) atoms. The van der Waals surface area contributed by atoms with E-state index in [1.807, 2.05) is 0 Å². The van der Waals surface area contributed by atoms with Crippen LogP contribution in [0.5, 0.6) is 0 Å². The molecular formula is C10H6Cl2O2. The maximum atomic E-state index is 11.6. The monoisotopic (exact) mass is 228 g/mol. The van der Waals surface area contributed by atoms with Crippen molar-refractivity contribution in [2.45, 2.75) is 4.33 Å². The number of ketones is 1. The highest BCUT2D eigenvalue weighted by Crippen LogP contribution is 2.48. The highest BCUT2D eigenvalue weighted by molar-refractivity contribution is 6.52. The molecule has 0 bridgehead atoms. The average molecular weight is 229 g/mol. The molecule has 2 nitrogen and oxygen atoms in total. The van der Waals surface area contributed by atoms with Crippen molar-refractivity contribution in [3.8, 4) is 0 Å². The number of rotatable bonds is 1. The van der Waals surface area contributed by atoms with Gasteiger partial charge in [0, 0.05) is 5.56 Å². The van der Waals surface area contributed by atoms with Crippen LogP contribution in [-0.4, -0.2) is 12.1 Å². The van der Waals surface area contributed by atoms with Crippen molar-refractivity contribution < 1.29 is 9.59 Å². The van der Waals surface area contributed by atoms with Crippen LogP contribution in [0, 0.1) is 5.92 Å². The van der Waals surface area contributed by atoms with Crippen molar-refractivity contribution in [3.63, 3.8) is 0 Å². The van der Waals surface area contributed by atoms with E-state index >= 15 is 0 Å². The minimum atomic E-state index is -1.41. The smallest absolute Gasteiger partial charge is 0.176 e. The van der Waals surface area contributed by atoms with Gasteiger partial charge in [0.15, 0.2) is 10.1 Å². The fourth-order valence-electron chi connectivity index (χ4n) is 1.64. The van der Waals surface area contributed by atoms with E-state index in [9.17, 15) is 9.59 Å². The normalized spacial score (nSPS) is 23.3. The van der Waals surface area contributed by atoms with Crippen LogP contribution in [0.15, 0.2) is 24.3 Å². The lowest BCUT2D eigenvalue weighted by Gasteiger charge is -2.16. The third-order valence-corrected chi connectivity index (χ3v) is 3.24. The number of hydrogen-bond donors (Lipinski definition) is 0. The lowest BCUT2D eigenvalue weighted by Crippen LogP contribution is -2.23. The predicted octanol–water partition coefficient (Wildman–Crippen LogP) is 2.33. The largest absolute Gasteiger partial charge is 0.302 e. The summed E-state index contributed by atoms with van der Waals surface area (Å²) in [6.45, 7) is 0. The second-order valence-electron chi connectivity index (χ2n) is 3.15. The Kier molecular flexibility index (Phi) is 2.13. The summed E-state index contributed by atoms with van der Waals surface area (Å²) in [5.41, 5.74) is 0.958. The second kappa shape index (κ2) is 3.07. The molecule has 0 aliphatic heterocycles. The standard InChI is InChI=1S/C10H6Cl2O2/c11-10(12)7-4-2-1-3-6(7)9(14)8(10)5-13/h1-5,8H. The minimum Gasteiger partial charge on any atom is -0.302 e. The van der Waals surface area contributed by atoms with Gasteiger partial charge < -0.3 is 4.79 Å². The van der Waals surface area contributed by atoms with Crippen LogP contribution in [-0.2, 0) is 9.13 Å². The van der Waals surface area contributed by atoms with Gasteiger partial charge in [0.1, 0.15) is 12.2 Å². The van der Waals surface area contributed by atoms with Crippen molar-refractivity contribution in [3.05, 3.63) is 35.4 Å². The van der Waals surface area contributed by atoms with E-state index in [0.29, 0.717) is 17.4 Å². The number of carbonyl (C=O) groups is 2. The van der Waals surface area contributed by atoms with Crippen LogP contribution in [0.2, 0.25) is 0 Å². The van der Waals surface area contributed by atoms with Gasteiger partial charge in [0.05, 0.1) is 0 Å². The zero-order valence-electron chi connectivity index (χ0n) is 7.04. The Morgan fingerprint density at radius 3 is 2.50 bits per heavy atom. The molecular weight excluding hydrogens is 223 g/mol. The van der Waals surface area contributed by atoms with E-state index in [4.69, 9.17) is 23.2 Å². The van der Waals surface area contributed by atoms with E-state index in [2.05, 4.69) is 0 Å². The maximum Gasteiger partial charge on any atom is 0.176 e. The third-order valence-electron chi connectivity index (χ3n) is 2.36. The summed E-state index contributed by atoms with van der Waals surface area (Å²) in [6.07, 6.45) is 0.502. The van der Waals surface area contributed by atoms with E-state index < -0.39 is 10.3 Å². The zero-order chi connectivity index (χ0) is 10.3. The minimum absolute atomic E-state index is 0.305. The number of fused-ring (bicyclic) bond motifs is 1. The van der Waals surface area contributed by atoms with Gasteiger partial charge in [-0.25, -0.2) is 0 Å². The van der Waals surface area contributed by atoms with Crippen molar-refractivity contribution in [2.24, 2.45) is 5.92 Å². The maximum absolute atomic E-state index is 11.6. The fourth-order valence-corrected chi connectivity index (χ4v) is 2.27. The molecule has 0 saturated carbocycles. The molecule has 0 radical (unpaired) electrons. The Hall–Kier alpha value is -0.860. The first-order valence-corrected chi connectivity index (χ1v) is 4.81. The zero-order valence-corrected chi connectivity index (χ0v) is 8.55. The van der Waals surface area contributed by atoms with E-state index in [0.717, 1.165) is 0 Å². The first-order chi connectivity index (χ1) is 6.59. The molecule has 1 atom stereocenters. The molecule has 0 spiro atoms. The number of Topliss-reactive ketones (excluding diaryl/α,β-unsaturated/α-hetero) is 1. The van der Waals surface area contributed by atoms with Gasteiger partial charge in [0.2, 0.25) is 0 Å². The summed E-state index contributed by atoms with van der Waals surface area (Å²) in [6, 6.07) is 6.74. The Bertz CT molecular complexity index is 412. The number of hydrogen-bond acceptors (Lipinski definition) is 2. The van der Waals surface area contributed by atoms with Gasteiger partial charge in [-0.05, 0) is 5.56 Å². The second-order valence-corrected chi connectivity index (χ2v) is 4.53. The molecule has 4 heteroatoms. The highest BCUT2D eigenvalue weighted by Gasteiger charge is 2.49. The van der Waals surface area contributed by atoms with Crippen LogP contribution in [0.1, 0.15) is 15.9 Å². The van der Waals surface area contributed by atoms with Gasteiger partial charge in [-0.3, -0.25) is 4.79 Å². The van der Waals surface area contributed by atoms with Crippen LogP contribution in [0.25, 0.3) is 0 Å². The molecule has 1 unspecified atom stereocenters. The summed E-state index contributed by atoms with van der Waals surface area (Å²) >= 11 is 11.9.